The summed E-state index contributed by atoms with van der Waals surface area (Å²) in [6, 6.07) is 22.4. The number of anilines is 3. The van der Waals surface area contributed by atoms with Crippen molar-refractivity contribution in [2.75, 3.05) is 47.9 Å². The van der Waals surface area contributed by atoms with Crippen molar-refractivity contribution >= 4 is 33.0 Å². The lowest BCUT2D eigenvalue weighted by Crippen LogP contribution is -2.36. The van der Waals surface area contributed by atoms with Crippen molar-refractivity contribution in [3.8, 4) is 0 Å². The summed E-state index contributed by atoms with van der Waals surface area (Å²) in [7, 11) is -2.31. The summed E-state index contributed by atoms with van der Waals surface area (Å²) in [5.41, 5.74) is 2.53. The molecule has 0 spiro atoms. The van der Waals surface area contributed by atoms with Crippen molar-refractivity contribution in [2.24, 2.45) is 0 Å². The number of hydrogen-bond acceptors (Lipinski definition) is 5. The van der Waals surface area contributed by atoms with Crippen molar-refractivity contribution < 1.29 is 17.9 Å². The number of sulfonamides is 1. The molecule has 1 fully saturated rings. The molecule has 4 rings (SSSR count). The number of para-hydroxylation sites is 1. The molecule has 1 saturated heterocycles. The molecular formula is C24H25N3O4S. The number of nitrogens with zero attached hydrogens (tertiary/aromatic N) is 2. The van der Waals surface area contributed by atoms with Crippen molar-refractivity contribution in [1.82, 2.24) is 0 Å². The monoisotopic (exact) mass is 451 g/mol. The van der Waals surface area contributed by atoms with Crippen LogP contribution in [0.1, 0.15) is 10.4 Å². The molecule has 0 aliphatic carbocycles. The molecule has 8 heteroatoms. The predicted octanol–water partition coefficient (Wildman–Crippen LogP) is 3.60. The van der Waals surface area contributed by atoms with E-state index in [2.05, 4.69) is 10.2 Å². The van der Waals surface area contributed by atoms with E-state index in [-0.39, 0.29) is 16.4 Å². The Bertz CT molecular complexity index is 1180. The first-order valence-electron chi connectivity index (χ1n) is 10.3. The second-order valence-corrected chi connectivity index (χ2v) is 9.41. The van der Waals surface area contributed by atoms with Gasteiger partial charge >= 0.3 is 0 Å². The van der Waals surface area contributed by atoms with E-state index >= 15 is 0 Å². The fraction of sp³-hybridized carbons (Fsp3) is 0.208. The quantitative estimate of drug-likeness (QED) is 0.620. The minimum Gasteiger partial charge on any atom is -0.378 e. The fourth-order valence-corrected chi connectivity index (χ4v) is 4.75. The maximum atomic E-state index is 13.0. The molecule has 1 aliphatic heterocycles. The Morgan fingerprint density at radius 2 is 1.62 bits per heavy atom. The number of carbonyl (C=O) groups is 1. The van der Waals surface area contributed by atoms with Crippen LogP contribution in [0.4, 0.5) is 17.1 Å². The first-order valence-corrected chi connectivity index (χ1v) is 11.8. The van der Waals surface area contributed by atoms with Gasteiger partial charge in [-0.3, -0.25) is 9.10 Å². The minimum absolute atomic E-state index is 0.0548. The third kappa shape index (κ3) is 4.76. The van der Waals surface area contributed by atoms with Gasteiger partial charge in [-0.25, -0.2) is 8.42 Å². The van der Waals surface area contributed by atoms with E-state index in [1.807, 2.05) is 30.3 Å². The third-order valence-corrected chi connectivity index (χ3v) is 7.16. The van der Waals surface area contributed by atoms with Crippen LogP contribution >= 0.6 is 0 Å². The van der Waals surface area contributed by atoms with Gasteiger partial charge in [-0.05, 0) is 54.6 Å². The van der Waals surface area contributed by atoms with Gasteiger partial charge < -0.3 is 15.0 Å². The zero-order chi connectivity index (χ0) is 22.6. The second-order valence-electron chi connectivity index (χ2n) is 7.44. The highest BCUT2D eigenvalue weighted by Crippen LogP contribution is 2.23. The number of benzene rings is 3. The number of carbonyl (C=O) groups excluding carboxylic acids is 1. The van der Waals surface area contributed by atoms with E-state index in [0.29, 0.717) is 24.6 Å². The van der Waals surface area contributed by atoms with Crippen LogP contribution < -0.4 is 14.5 Å². The van der Waals surface area contributed by atoms with Crippen LogP contribution in [-0.2, 0) is 14.8 Å². The highest BCUT2D eigenvalue weighted by Gasteiger charge is 2.22. The smallest absolute Gasteiger partial charge is 0.264 e. The first-order chi connectivity index (χ1) is 15.4. The summed E-state index contributed by atoms with van der Waals surface area (Å²) < 4.78 is 32.6. The van der Waals surface area contributed by atoms with E-state index < -0.39 is 10.0 Å². The van der Waals surface area contributed by atoms with Crippen molar-refractivity contribution in [3.05, 3.63) is 84.4 Å². The fourth-order valence-electron chi connectivity index (χ4n) is 3.51. The number of hydrogen-bond donors (Lipinski definition) is 1. The Hall–Kier alpha value is -3.36. The highest BCUT2D eigenvalue weighted by atomic mass is 32.2. The van der Waals surface area contributed by atoms with Gasteiger partial charge in [0.2, 0.25) is 0 Å². The standard InChI is InChI=1S/C24H25N3O4S/c1-26(21-7-3-2-4-8-21)32(29,30)23-9-5-6-19(18-23)24(28)25-20-10-12-22(13-11-20)27-14-16-31-17-15-27/h2-13,18H,14-17H2,1H3,(H,25,28). The molecule has 3 aromatic rings. The predicted molar refractivity (Wildman–Crippen MR) is 126 cm³/mol. The molecule has 7 nitrogen and oxygen atoms in total. The summed E-state index contributed by atoms with van der Waals surface area (Å²) in [5, 5.41) is 2.84. The molecule has 166 valence electrons. The van der Waals surface area contributed by atoms with Crippen LogP contribution in [0.5, 0.6) is 0 Å². The third-order valence-electron chi connectivity index (χ3n) is 5.38. The summed E-state index contributed by atoms with van der Waals surface area (Å²) in [6.07, 6.45) is 0. The van der Waals surface area contributed by atoms with Crippen molar-refractivity contribution in [2.45, 2.75) is 4.90 Å². The molecular weight excluding hydrogens is 426 g/mol. The summed E-state index contributed by atoms with van der Waals surface area (Å²) in [4.78, 5) is 15.1. The Kier molecular flexibility index (Phi) is 6.43. The zero-order valence-electron chi connectivity index (χ0n) is 17.8. The summed E-state index contributed by atoms with van der Waals surface area (Å²) in [5.74, 6) is -0.372. The number of nitrogens with one attached hydrogen (secondary N) is 1. The molecule has 0 bridgehead atoms. The Morgan fingerprint density at radius 1 is 0.938 bits per heavy atom. The number of amides is 1. The van der Waals surface area contributed by atoms with Gasteiger partial charge in [0.1, 0.15) is 0 Å². The molecule has 3 aromatic carbocycles. The Labute approximate surface area is 188 Å². The van der Waals surface area contributed by atoms with Gasteiger partial charge in [0, 0.05) is 37.1 Å². The number of ether oxygens (including phenoxy) is 1. The Morgan fingerprint density at radius 3 is 2.31 bits per heavy atom. The lowest BCUT2D eigenvalue weighted by Gasteiger charge is -2.28. The van der Waals surface area contributed by atoms with Gasteiger partial charge in [0.15, 0.2) is 0 Å². The van der Waals surface area contributed by atoms with Crippen LogP contribution in [-0.4, -0.2) is 47.7 Å². The van der Waals surface area contributed by atoms with E-state index in [1.54, 1.807) is 36.4 Å². The van der Waals surface area contributed by atoms with E-state index in [1.165, 1.54) is 23.5 Å². The van der Waals surface area contributed by atoms with Crippen molar-refractivity contribution in [3.63, 3.8) is 0 Å². The van der Waals surface area contributed by atoms with Crippen LogP contribution in [0.2, 0.25) is 0 Å². The number of rotatable bonds is 6. The molecule has 0 atom stereocenters. The average Bonchev–Trinajstić information content (AvgIpc) is 2.85. The molecule has 1 heterocycles. The topological polar surface area (TPSA) is 79.0 Å². The maximum Gasteiger partial charge on any atom is 0.264 e. The maximum absolute atomic E-state index is 13.0. The minimum atomic E-state index is -3.80. The van der Waals surface area contributed by atoms with Gasteiger partial charge in [-0.15, -0.1) is 0 Å². The summed E-state index contributed by atoms with van der Waals surface area (Å²) in [6.45, 7) is 3.09. The van der Waals surface area contributed by atoms with E-state index in [4.69, 9.17) is 4.74 Å². The van der Waals surface area contributed by atoms with Gasteiger partial charge in [0.05, 0.1) is 23.8 Å². The lowest BCUT2D eigenvalue weighted by molar-refractivity contribution is 0.102. The lowest BCUT2D eigenvalue weighted by atomic mass is 10.2. The highest BCUT2D eigenvalue weighted by molar-refractivity contribution is 7.92. The van der Waals surface area contributed by atoms with E-state index in [0.717, 1.165) is 18.8 Å². The molecule has 1 amide bonds. The largest absolute Gasteiger partial charge is 0.378 e. The van der Waals surface area contributed by atoms with Gasteiger partial charge in [-0.2, -0.15) is 0 Å². The van der Waals surface area contributed by atoms with Crippen molar-refractivity contribution in [1.29, 1.82) is 0 Å². The molecule has 0 saturated carbocycles. The Balaban J connectivity index is 1.48. The van der Waals surface area contributed by atoms with Crippen LogP contribution in [0.25, 0.3) is 0 Å². The normalized spacial score (nSPS) is 14.1. The first kappa shape index (κ1) is 21.9. The van der Waals surface area contributed by atoms with Gasteiger partial charge in [-0.1, -0.05) is 24.3 Å². The summed E-state index contributed by atoms with van der Waals surface area (Å²) >= 11 is 0. The van der Waals surface area contributed by atoms with Crippen LogP contribution in [0.3, 0.4) is 0 Å². The van der Waals surface area contributed by atoms with Crippen LogP contribution in [0, 0.1) is 0 Å². The molecule has 1 N–H and O–H groups in total. The zero-order valence-corrected chi connectivity index (χ0v) is 18.6. The van der Waals surface area contributed by atoms with Crippen LogP contribution in [0.15, 0.2) is 83.8 Å². The number of morpholine rings is 1. The molecule has 32 heavy (non-hydrogen) atoms. The molecule has 0 aromatic heterocycles. The van der Waals surface area contributed by atoms with Gasteiger partial charge in [0.25, 0.3) is 15.9 Å². The van der Waals surface area contributed by atoms with E-state index in [9.17, 15) is 13.2 Å². The molecule has 0 radical (unpaired) electrons. The molecule has 0 unspecified atom stereocenters. The average molecular weight is 452 g/mol. The second kappa shape index (κ2) is 9.42. The molecule has 1 aliphatic rings. The SMILES string of the molecule is CN(c1ccccc1)S(=O)(=O)c1cccc(C(=O)Nc2ccc(N3CCOCC3)cc2)c1.